The summed E-state index contributed by atoms with van der Waals surface area (Å²) in [5, 5.41) is 64.3. The van der Waals surface area contributed by atoms with Gasteiger partial charge in [-0.25, -0.2) is 0 Å². The summed E-state index contributed by atoms with van der Waals surface area (Å²) in [6.07, 6.45) is 23.0. The lowest BCUT2D eigenvalue weighted by Crippen LogP contribution is -2.60. The normalized spacial score (nSPS) is 22.9. The molecule has 1 fully saturated rings. The molecule has 1 aliphatic rings. The van der Waals surface area contributed by atoms with Crippen LogP contribution in [0, 0.1) is 0 Å². The Morgan fingerprint density at radius 1 is 0.680 bits per heavy atom. The number of unbranched alkanes of at least 4 members (excludes halogenated alkanes) is 22. The van der Waals surface area contributed by atoms with E-state index in [1.807, 2.05) is 6.08 Å². The van der Waals surface area contributed by atoms with Crippen LogP contribution < -0.4 is 5.32 Å². The van der Waals surface area contributed by atoms with E-state index in [1.165, 1.54) is 109 Å². The van der Waals surface area contributed by atoms with Gasteiger partial charge in [-0.1, -0.05) is 167 Å². The van der Waals surface area contributed by atoms with Crippen LogP contribution in [0.3, 0.4) is 0 Å². The van der Waals surface area contributed by atoms with Crippen molar-refractivity contribution in [2.75, 3.05) is 13.2 Å². The Bertz CT molecular complexity index is 814. The molecule has 0 bridgehead atoms. The van der Waals surface area contributed by atoms with E-state index in [-0.39, 0.29) is 6.61 Å². The number of carbonyl (C=O) groups is 1. The highest BCUT2D eigenvalue weighted by atomic mass is 16.7. The van der Waals surface area contributed by atoms with Gasteiger partial charge in [0, 0.05) is 0 Å². The van der Waals surface area contributed by atoms with Crippen molar-refractivity contribution in [2.45, 2.75) is 223 Å². The highest BCUT2D eigenvalue weighted by Crippen LogP contribution is 2.22. The predicted molar refractivity (Wildman–Crippen MR) is 200 cm³/mol. The maximum absolute atomic E-state index is 13.0. The molecule has 0 saturated carbocycles. The standard InChI is InChI=1S/C40H77NO9/c1-3-5-7-9-11-13-15-16-17-19-21-23-25-27-29-34(44)39(48)41-32(31-49-40-38(47)37(46)36(45)35(30-42)50-40)33(43)28-26-24-22-20-18-14-12-10-8-6-4-2/h26,28,32-38,40,42-47H,3-25,27,29-31H2,1-2H3,(H,41,48). The first-order chi connectivity index (χ1) is 24.3. The Morgan fingerprint density at radius 2 is 1.14 bits per heavy atom. The average Bonchev–Trinajstić information content (AvgIpc) is 3.11. The molecular formula is C40H77NO9. The Morgan fingerprint density at radius 3 is 1.62 bits per heavy atom. The molecule has 7 N–H and O–H groups in total. The number of nitrogens with one attached hydrogen (secondary N) is 1. The molecule has 1 heterocycles. The fourth-order valence-corrected chi connectivity index (χ4v) is 6.51. The van der Waals surface area contributed by atoms with E-state index in [1.54, 1.807) is 6.08 Å². The van der Waals surface area contributed by atoms with Crippen molar-refractivity contribution in [1.29, 1.82) is 0 Å². The van der Waals surface area contributed by atoms with Gasteiger partial charge in [0.25, 0.3) is 0 Å². The molecule has 1 amide bonds. The van der Waals surface area contributed by atoms with Gasteiger partial charge in [-0.2, -0.15) is 0 Å². The van der Waals surface area contributed by atoms with E-state index < -0.39 is 61.5 Å². The minimum absolute atomic E-state index is 0.302. The number of ether oxygens (including phenoxy) is 2. The fourth-order valence-electron chi connectivity index (χ4n) is 6.51. The van der Waals surface area contributed by atoms with Crippen molar-refractivity contribution in [2.24, 2.45) is 0 Å². The zero-order chi connectivity index (χ0) is 36.8. The van der Waals surface area contributed by atoms with Crippen LogP contribution in [-0.4, -0.2) is 98.7 Å². The van der Waals surface area contributed by atoms with Crippen LogP contribution in [0.5, 0.6) is 0 Å². The first-order valence-electron chi connectivity index (χ1n) is 20.5. The molecule has 50 heavy (non-hydrogen) atoms. The number of carbonyl (C=O) groups excluding carboxylic acids is 1. The van der Waals surface area contributed by atoms with Crippen molar-refractivity contribution >= 4 is 5.91 Å². The molecule has 8 unspecified atom stereocenters. The lowest BCUT2D eigenvalue weighted by atomic mass is 9.99. The van der Waals surface area contributed by atoms with Gasteiger partial charge in [0.2, 0.25) is 5.91 Å². The molecule has 10 nitrogen and oxygen atoms in total. The molecule has 1 saturated heterocycles. The fraction of sp³-hybridized carbons (Fsp3) is 0.925. The van der Waals surface area contributed by atoms with Crippen LogP contribution in [0.1, 0.15) is 174 Å². The topological polar surface area (TPSA) is 169 Å². The number of allylic oxidation sites excluding steroid dienone is 1. The monoisotopic (exact) mass is 716 g/mol. The van der Waals surface area contributed by atoms with Crippen LogP contribution >= 0.6 is 0 Å². The molecule has 0 spiro atoms. The Kier molecular flexibility index (Phi) is 29.5. The van der Waals surface area contributed by atoms with E-state index in [4.69, 9.17) is 9.47 Å². The van der Waals surface area contributed by atoms with E-state index >= 15 is 0 Å². The Labute approximate surface area is 304 Å². The smallest absolute Gasteiger partial charge is 0.249 e. The molecular weight excluding hydrogens is 638 g/mol. The second-order valence-corrected chi connectivity index (χ2v) is 14.6. The van der Waals surface area contributed by atoms with Crippen LogP contribution in [-0.2, 0) is 14.3 Å². The quantitative estimate of drug-likeness (QED) is 0.0302. The molecule has 0 radical (unpaired) electrons. The number of rotatable bonds is 33. The summed E-state index contributed by atoms with van der Waals surface area (Å²) in [4.78, 5) is 13.0. The van der Waals surface area contributed by atoms with Crippen molar-refractivity contribution in [3.63, 3.8) is 0 Å². The molecule has 0 aromatic rings. The minimum atomic E-state index is -1.60. The number of aliphatic hydroxyl groups is 6. The van der Waals surface area contributed by atoms with Gasteiger partial charge in [0.1, 0.15) is 30.5 Å². The van der Waals surface area contributed by atoms with E-state index in [0.717, 1.165) is 44.9 Å². The number of hydrogen-bond donors (Lipinski definition) is 7. The molecule has 0 aliphatic carbocycles. The number of aliphatic hydroxyl groups excluding tert-OH is 6. The second-order valence-electron chi connectivity index (χ2n) is 14.6. The van der Waals surface area contributed by atoms with E-state index in [9.17, 15) is 35.4 Å². The van der Waals surface area contributed by atoms with Gasteiger partial charge in [0.05, 0.1) is 25.4 Å². The maximum atomic E-state index is 13.0. The largest absolute Gasteiger partial charge is 0.394 e. The van der Waals surface area contributed by atoms with Crippen molar-refractivity contribution in [3.05, 3.63) is 12.2 Å². The molecule has 1 rings (SSSR count). The van der Waals surface area contributed by atoms with Crippen LogP contribution in [0.15, 0.2) is 12.2 Å². The van der Waals surface area contributed by atoms with E-state index in [0.29, 0.717) is 6.42 Å². The zero-order valence-electron chi connectivity index (χ0n) is 31.8. The molecule has 0 aromatic heterocycles. The average molecular weight is 716 g/mol. The molecule has 1 aliphatic heterocycles. The SMILES string of the molecule is CCCCCCCCCCCC=CC(O)C(COC1OC(CO)C(O)C(O)C1O)NC(=O)C(O)CCCCCCCCCCCCCCCC. The van der Waals surface area contributed by atoms with Gasteiger partial charge in [-0.15, -0.1) is 0 Å². The molecule has 10 heteroatoms. The number of amides is 1. The summed E-state index contributed by atoms with van der Waals surface area (Å²) in [6, 6.07) is -0.972. The summed E-state index contributed by atoms with van der Waals surface area (Å²) in [7, 11) is 0. The summed E-state index contributed by atoms with van der Waals surface area (Å²) >= 11 is 0. The zero-order valence-corrected chi connectivity index (χ0v) is 31.8. The summed E-state index contributed by atoms with van der Waals surface area (Å²) in [5.74, 6) is -0.617. The minimum Gasteiger partial charge on any atom is -0.394 e. The summed E-state index contributed by atoms with van der Waals surface area (Å²) < 4.78 is 11.1. The van der Waals surface area contributed by atoms with Crippen LogP contribution in [0.2, 0.25) is 0 Å². The van der Waals surface area contributed by atoms with Crippen LogP contribution in [0.25, 0.3) is 0 Å². The maximum Gasteiger partial charge on any atom is 0.249 e. The summed E-state index contributed by atoms with van der Waals surface area (Å²) in [6.45, 7) is 3.57. The lowest BCUT2D eigenvalue weighted by Gasteiger charge is -2.40. The van der Waals surface area contributed by atoms with Crippen molar-refractivity contribution < 1.29 is 44.9 Å². The third kappa shape index (κ3) is 22.1. The van der Waals surface area contributed by atoms with Gasteiger partial charge in [-0.3, -0.25) is 4.79 Å². The first kappa shape index (κ1) is 46.9. The van der Waals surface area contributed by atoms with Gasteiger partial charge in [-0.05, 0) is 19.3 Å². The highest BCUT2D eigenvalue weighted by molar-refractivity contribution is 5.80. The molecule has 8 atom stereocenters. The second kappa shape index (κ2) is 31.4. The van der Waals surface area contributed by atoms with E-state index in [2.05, 4.69) is 19.2 Å². The lowest BCUT2D eigenvalue weighted by molar-refractivity contribution is -0.302. The number of hydrogen-bond acceptors (Lipinski definition) is 9. The predicted octanol–water partition coefficient (Wildman–Crippen LogP) is 6.36. The van der Waals surface area contributed by atoms with Gasteiger partial charge in [0.15, 0.2) is 6.29 Å². The Hall–Kier alpha value is -1.11. The Balaban J connectivity index is 2.48. The highest BCUT2D eigenvalue weighted by Gasteiger charge is 2.44. The van der Waals surface area contributed by atoms with Crippen molar-refractivity contribution in [3.8, 4) is 0 Å². The third-order valence-electron chi connectivity index (χ3n) is 9.97. The summed E-state index contributed by atoms with van der Waals surface area (Å²) in [5.41, 5.74) is 0. The van der Waals surface area contributed by atoms with Gasteiger partial charge >= 0.3 is 0 Å². The molecule has 0 aromatic carbocycles. The molecule has 296 valence electrons. The van der Waals surface area contributed by atoms with Crippen LogP contribution in [0.4, 0.5) is 0 Å². The van der Waals surface area contributed by atoms with Gasteiger partial charge < -0.3 is 45.4 Å². The van der Waals surface area contributed by atoms with Crippen molar-refractivity contribution in [1.82, 2.24) is 5.32 Å². The third-order valence-corrected chi connectivity index (χ3v) is 9.97. The first-order valence-corrected chi connectivity index (χ1v) is 20.5.